The maximum absolute atomic E-state index is 11.9. The van der Waals surface area contributed by atoms with Crippen LogP contribution in [-0.4, -0.2) is 11.8 Å². The Morgan fingerprint density at radius 1 is 1.00 bits per heavy atom. The second kappa shape index (κ2) is 5.86. The molecule has 0 spiro atoms. The van der Waals surface area contributed by atoms with Crippen molar-refractivity contribution < 1.29 is 9.59 Å². The first-order valence-electron chi connectivity index (χ1n) is 5.49. The van der Waals surface area contributed by atoms with Gasteiger partial charge in [0.2, 0.25) is 5.91 Å². The molecule has 2 aromatic rings. The third-order valence-electron chi connectivity index (χ3n) is 2.26. The molecule has 0 fully saturated rings. The number of amides is 2. The highest BCUT2D eigenvalue weighted by molar-refractivity contribution is 7.18. The van der Waals surface area contributed by atoms with Gasteiger partial charge < -0.3 is 10.6 Å². The van der Waals surface area contributed by atoms with Gasteiger partial charge in [0.15, 0.2) is 0 Å². The number of anilines is 2. The monoisotopic (exact) mass is 294 g/mol. The van der Waals surface area contributed by atoms with Crippen LogP contribution >= 0.6 is 22.9 Å². The van der Waals surface area contributed by atoms with Gasteiger partial charge in [0.1, 0.15) is 0 Å². The quantitative estimate of drug-likeness (QED) is 0.908. The highest BCUT2D eigenvalue weighted by atomic mass is 35.5. The topological polar surface area (TPSA) is 58.2 Å². The van der Waals surface area contributed by atoms with Crippen LogP contribution in [0.2, 0.25) is 4.34 Å². The summed E-state index contributed by atoms with van der Waals surface area (Å²) in [5.41, 5.74) is 1.34. The molecule has 0 aliphatic heterocycles. The first kappa shape index (κ1) is 13.6. The van der Waals surface area contributed by atoms with Crippen LogP contribution in [0.1, 0.15) is 16.6 Å². The van der Waals surface area contributed by atoms with E-state index in [1.807, 2.05) is 0 Å². The van der Waals surface area contributed by atoms with Crippen LogP contribution in [0, 0.1) is 0 Å². The Bertz CT molecular complexity index is 607. The van der Waals surface area contributed by atoms with Crippen molar-refractivity contribution in [3.8, 4) is 0 Å². The predicted octanol–water partition coefficient (Wildman–Crippen LogP) is 3.61. The number of carbonyl (C=O) groups is 2. The average molecular weight is 295 g/mol. The van der Waals surface area contributed by atoms with Gasteiger partial charge in [0, 0.05) is 18.3 Å². The molecule has 0 atom stereocenters. The number of rotatable bonds is 3. The van der Waals surface area contributed by atoms with E-state index in [4.69, 9.17) is 11.6 Å². The molecule has 1 aromatic carbocycles. The fourth-order valence-electron chi connectivity index (χ4n) is 1.47. The van der Waals surface area contributed by atoms with E-state index in [0.29, 0.717) is 20.6 Å². The van der Waals surface area contributed by atoms with Gasteiger partial charge in [0.05, 0.1) is 9.21 Å². The summed E-state index contributed by atoms with van der Waals surface area (Å²) in [5.74, 6) is -0.339. The van der Waals surface area contributed by atoms with Crippen LogP contribution in [0.3, 0.4) is 0 Å². The minimum Gasteiger partial charge on any atom is -0.326 e. The number of hydrogen-bond donors (Lipinski definition) is 2. The van der Waals surface area contributed by atoms with Gasteiger partial charge >= 0.3 is 0 Å². The van der Waals surface area contributed by atoms with E-state index in [1.165, 1.54) is 18.3 Å². The highest BCUT2D eigenvalue weighted by Crippen LogP contribution is 2.22. The van der Waals surface area contributed by atoms with Crippen molar-refractivity contribution in [3.05, 3.63) is 45.6 Å². The minimum absolute atomic E-state index is 0.134. The van der Waals surface area contributed by atoms with Gasteiger partial charge in [-0.25, -0.2) is 0 Å². The fourth-order valence-corrected chi connectivity index (χ4v) is 2.41. The highest BCUT2D eigenvalue weighted by Gasteiger charge is 2.08. The molecule has 4 nitrogen and oxygen atoms in total. The van der Waals surface area contributed by atoms with E-state index in [-0.39, 0.29) is 11.8 Å². The van der Waals surface area contributed by atoms with Gasteiger partial charge in [-0.2, -0.15) is 0 Å². The average Bonchev–Trinajstić information content (AvgIpc) is 2.78. The Kier molecular flexibility index (Phi) is 4.19. The molecule has 1 heterocycles. The molecular weight excluding hydrogens is 284 g/mol. The summed E-state index contributed by atoms with van der Waals surface area (Å²) in [7, 11) is 0. The van der Waals surface area contributed by atoms with E-state index < -0.39 is 0 Å². The molecule has 0 saturated heterocycles. The summed E-state index contributed by atoms with van der Waals surface area (Å²) in [6.45, 7) is 1.44. The van der Waals surface area contributed by atoms with E-state index in [2.05, 4.69) is 10.6 Å². The normalized spacial score (nSPS) is 10.0. The zero-order valence-electron chi connectivity index (χ0n) is 10.1. The first-order valence-corrected chi connectivity index (χ1v) is 6.68. The Labute approximate surface area is 119 Å². The van der Waals surface area contributed by atoms with Crippen LogP contribution in [0.4, 0.5) is 11.4 Å². The molecule has 2 N–H and O–H groups in total. The van der Waals surface area contributed by atoms with Gasteiger partial charge in [-0.05, 0) is 36.4 Å². The molecule has 1 aromatic heterocycles. The molecule has 0 aliphatic rings. The number of nitrogens with one attached hydrogen (secondary N) is 2. The van der Waals surface area contributed by atoms with E-state index in [9.17, 15) is 9.59 Å². The van der Waals surface area contributed by atoms with Crippen molar-refractivity contribution in [2.45, 2.75) is 6.92 Å². The lowest BCUT2D eigenvalue weighted by atomic mass is 10.2. The van der Waals surface area contributed by atoms with Gasteiger partial charge in [-0.1, -0.05) is 11.6 Å². The summed E-state index contributed by atoms with van der Waals surface area (Å²) in [4.78, 5) is 23.3. The summed E-state index contributed by atoms with van der Waals surface area (Å²) in [6.07, 6.45) is 0. The molecule has 0 radical (unpaired) electrons. The lowest BCUT2D eigenvalue weighted by Gasteiger charge is -2.05. The van der Waals surface area contributed by atoms with Crippen LogP contribution in [0.5, 0.6) is 0 Å². The number of carbonyl (C=O) groups excluding carboxylic acids is 2. The van der Waals surface area contributed by atoms with Crippen LogP contribution in [0.15, 0.2) is 36.4 Å². The van der Waals surface area contributed by atoms with Crippen molar-refractivity contribution in [2.75, 3.05) is 10.6 Å². The largest absolute Gasteiger partial charge is 0.326 e. The fraction of sp³-hybridized carbons (Fsp3) is 0.0769. The number of hydrogen-bond acceptors (Lipinski definition) is 3. The van der Waals surface area contributed by atoms with E-state index >= 15 is 0 Å². The molecule has 2 rings (SSSR count). The smallest absolute Gasteiger partial charge is 0.265 e. The lowest BCUT2D eigenvalue weighted by Crippen LogP contribution is -2.10. The third kappa shape index (κ3) is 3.81. The number of halogens is 1. The zero-order chi connectivity index (χ0) is 13.8. The van der Waals surface area contributed by atoms with Crippen molar-refractivity contribution in [1.82, 2.24) is 0 Å². The van der Waals surface area contributed by atoms with E-state index in [0.717, 1.165) is 0 Å². The van der Waals surface area contributed by atoms with Crippen LogP contribution in [-0.2, 0) is 4.79 Å². The maximum atomic E-state index is 11.9. The molecule has 0 unspecified atom stereocenters. The molecule has 2 amide bonds. The van der Waals surface area contributed by atoms with Crippen LogP contribution < -0.4 is 10.6 Å². The Balaban J connectivity index is 2.03. The Hall–Kier alpha value is -1.85. The summed E-state index contributed by atoms with van der Waals surface area (Å²) in [5, 5.41) is 5.41. The lowest BCUT2D eigenvalue weighted by molar-refractivity contribution is -0.114. The Morgan fingerprint density at radius 3 is 2.05 bits per heavy atom. The Morgan fingerprint density at radius 2 is 1.58 bits per heavy atom. The second-order valence-electron chi connectivity index (χ2n) is 3.82. The summed E-state index contributed by atoms with van der Waals surface area (Å²) >= 11 is 7.00. The van der Waals surface area contributed by atoms with Crippen molar-refractivity contribution in [1.29, 1.82) is 0 Å². The maximum Gasteiger partial charge on any atom is 0.265 e. The molecule has 19 heavy (non-hydrogen) atoms. The standard InChI is InChI=1S/C13H11ClN2O2S/c1-8(17)15-9-2-4-10(5-3-9)16-13(18)11-6-7-12(14)19-11/h2-7H,1H3,(H,15,17)(H,16,18). The van der Waals surface area contributed by atoms with Crippen LogP contribution in [0.25, 0.3) is 0 Å². The second-order valence-corrected chi connectivity index (χ2v) is 5.53. The zero-order valence-corrected chi connectivity index (χ0v) is 11.6. The summed E-state index contributed by atoms with van der Waals surface area (Å²) < 4.78 is 0.575. The van der Waals surface area contributed by atoms with Gasteiger partial charge in [-0.3, -0.25) is 9.59 Å². The van der Waals surface area contributed by atoms with Crippen molar-refractivity contribution >= 4 is 46.1 Å². The summed E-state index contributed by atoms with van der Waals surface area (Å²) in [6, 6.07) is 10.2. The molecule has 0 bridgehead atoms. The third-order valence-corrected chi connectivity index (χ3v) is 3.49. The van der Waals surface area contributed by atoms with Crippen molar-refractivity contribution in [3.63, 3.8) is 0 Å². The van der Waals surface area contributed by atoms with Gasteiger partial charge in [-0.15, -0.1) is 11.3 Å². The predicted molar refractivity (Wildman–Crippen MR) is 78.0 cm³/mol. The molecule has 0 aliphatic carbocycles. The molecule has 6 heteroatoms. The molecule has 98 valence electrons. The number of thiophene rings is 1. The number of benzene rings is 1. The molecule has 0 saturated carbocycles. The minimum atomic E-state index is -0.204. The molecular formula is C13H11ClN2O2S. The first-order chi connectivity index (χ1) is 9.04. The van der Waals surface area contributed by atoms with E-state index in [1.54, 1.807) is 36.4 Å². The SMILES string of the molecule is CC(=O)Nc1ccc(NC(=O)c2ccc(Cl)s2)cc1. The van der Waals surface area contributed by atoms with Gasteiger partial charge in [0.25, 0.3) is 5.91 Å². The van der Waals surface area contributed by atoms with Crippen molar-refractivity contribution in [2.24, 2.45) is 0 Å².